The molecule has 35 heavy (non-hydrogen) atoms. The number of aryl methyl sites for hydroxylation is 2. The van der Waals surface area contributed by atoms with E-state index >= 15 is 0 Å². The Morgan fingerprint density at radius 2 is 1.60 bits per heavy atom. The van der Waals surface area contributed by atoms with E-state index in [1.165, 1.54) is 24.3 Å². The quantitative estimate of drug-likeness (QED) is 0.487. The minimum Gasteiger partial charge on any atom is -0.335 e. The van der Waals surface area contributed by atoms with Crippen molar-refractivity contribution in [1.29, 1.82) is 0 Å². The van der Waals surface area contributed by atoms with E-state index in [0.717, 1.165) is 16.6 Å². The molecule has 2 aromatic carbocycles. The highest BCUT2D eigenvalue weighted by Crippen LogP contribution is 2.28. The Bertz CT molecular complexity index is 1390. The van der Waals surface area contributed by atoms with Gasteiger partial charge in [-0.05, 0) is 37.3 Å². The molecule has 0 spiro atoms. The Labute approximate surface area is 202 Å². The van der Waals surface area contributed by atoms with Crippen LogP contribution in [0.2, 0.25) is 0 Å². The third kappa shape index (κ3) is 4.44. The predicted octanol–water partition coefficient (Wildman–Crippen LogP) is 4.07. The van der Waals surface area contributed by atoms with Gasteiger partial charge in [0.15, 0.2) is 5.65 Å². The van der Waals surface area contributed by atoms with E-state index in [2.05, 4.69) is 10.4 Å². The predicted molar refractivity (Wildman–Crippen MR) is 132 cm³/mol. The van der Waals surface area contributed by atoms with Crippen molar-refractivity contribution in [3.63, 3.8) is 0 Å². The van der Waals surface area contributed by atoms with Gasteiger partial charge in [0.2, 0.25) is 0 Å². The maximum atomic E-state index is 13.7. The molecule has 0 radical (unpaired) electrons. The van der Waals surface area contributed by atoms with Crippen LogP contribution in [-0.2, 0) is 7.05 Å². The number of carbonyl (C=O) groups is 2. The molecule has 9 heteroatoms. The van der Waals surface area contributed by atoms with Crippen LogP contribution in [0.5, 0.6) is 0 Å². The molecule has 3 heterocycles. The minimum absolute atomic E-state index is 0.107. The fourth-order valence-corrected chi connectivity index (χ4v) is 4.39. The molecular formula is C26H25FN6O2. The highest BCUT2D eigenvalue weighted by molar-refractivity contribution is 6.07. The number of halogens is 1. The largest absolute Gasteiger partial charge is 0.335 e. The van der Waals surface area contributed by atoms with Gasteiger partial charge in [-0.15, -0.1) is 0 Å². The summed E-state index contributed by atoms with van der Waals surface area (Å²) in [6.07, 6.45) is 0. The Morgan fingerprint density at radius 3 is 2.29 bits per heavy atom. The Kier molecular flexibility index (Phi) is 5.90. The van der Waals surface area contributed by atoms with E-state index in [4.69, 9.17) is 4.98 Å². The van der Waals surface area contributed by atoms with Crippen molar-refractivity contribution >= 4 is 28.7 Å². The molecule has 1 aliphatic heterocycles. The zero-order chi connectivity index (χ0) is 24.5. The van der Waals surface area contributed by atoms with Gasteiger partial charge in [-0.2, -0.15) is 5.10 Å². The van der Waals surface area contributed by atoms with Gasteiger partial charge in [0.05, 0.1) is 22.3 Å². The van der Waals surface area contributed by atoms with Crippen LogP contribution < -0.4 is 5.32 Å². The summed E-state index contributed by atoms with van der Waals surface area (Å²) in [5.74, 6) is -0.469. The molecule has 1 fully saturated rings. The van der Waals surface area contributed by atoms with E-state index in [1.807, 2.05) is 50.4 Å². The molecule has 0 aliphatic carbocycles. The van der Waals surface area contributed by atoms with Crippen molar-refractivity contribution in [3.05, 3.63) is 77.7 Å². The van der Waals surface area contributed by atoms with Crippen LogP contribution in [0, 0.1) is 12.7 Å². The van der Waals surface area contributed by atoms with Crippen LogP contribution >= 0.6 is 0 Å². The molecule has 5 rings (SSSR count). The van der Waals surface area contributed by atoms with Crippen LogP contribution in [0.15, 0.2) is 60.7 Å². The lowest BCUT2D eigenvalue weighted by molar-refractivity contribution is 0.0673. The summed E-state index contributed by atoms with van der Waals surface area (Å²) in [6.45, 7) is 3.47. The number of urea groups is 1. The number of carbonyl (C=O) groups excluding carboxylic acids is 2. The first-order valence-electron chi connectivity index (χ1n) is 11.4. The lowest BCUT2D eigenvalue weighted by Gasteiger charge is -2.35. The number of fused-ring (bicyclic) bond motifs is 1. The molecule has 0 saturated carbocycles. The Balaban J connectivity index is 1.36. The zero-order valence-corrected chi connectivity index (χ0v) is 19.5. The first-order valence-corrected chi connectivity index (χ1v) is 11.4. The van der Waals surface area contributed by atoms with Crippen LogP contribution in [0.25, 0.3) is 22.3 Å². The molecule has 1 saturated heterocycles. The van der Waals surface area contributed by atoms with Gasteiger partial charge < -0.3 is 15.1 Å². The number of piperazine rings is 1. The standard InChI is InChI=1S/C26H25FN6O2/c1-17-23-21(16-22(18-6-4-3-5-7-18)29-24(23)31(2)30-17)25(34)32-12-14-33(15-13-32)26(35)28-20-10-8-19(27)9-11-20/h3-11,16H,12-15H2,1-2H3,(H,28,35). The lowest BCUT2D eigenvalue weighted by Crippen LogP contribution is -2.51. The smallest absolute Gasteiger partial charge is 0.321 e. The van der Waals surface area contributed by atoms with Gasteiger partial charge in [0.25, 0.3) is 5.91 Å². The number of pyridine rings is 1. The maximum absolute atomic E-state index is 13.7. The maximum Gasteiger partial charge on any atom is 0.321 e. The van der Waals surface area contributed by atoms with E-state index in [1.54, 1.807) is 14.5 Å². The molecule has 1 aliphatic rings. The third-order valence-electron chi connectivity index (χ3n) is 6.22. The summed E-state index contributed by atoms with van der Waals surface area (Å²) in [7, 11) is 1.82. The van der Waals surface area contributed by atoms with E-state index in [0.29, 0.717) is 48.8 Å². The normalized spacial score (nSPS) is 13.8. The molecule has 4 aromatic rings. The summed E-state index contributed by atoms with van der Waals surface area (Å²) < 4.78 is 14.8. The van der Waals surface area contributed by atoms with Gasteiger partial charge in [0.1, 0.15) is 5.82 Å². The Hall–Kier alpha value is -4.27. The highest BCUT2D eigenvalue weighted by Gasteiger charge is 2.28. The molecule has 0 bridgehead atoms. The van der Waals surface area contributed by atoms with Crippen molar-refractivity contribution in [2.75, 3.05) is 31.5 Å². The monoisotopic (exact) mass is 472 g/mol. The van der Waals surface area contributed by atoms with Crippen molar-refractivity contribution in [1.82, 2.24) is 24.6 Å². The number of hydrogen-bond acceptors (Lipinski definition) is 4. The van der Waals surface area contributed by atoms with Crippen molar-refractivity contribution in [2.24, 2.45) is 7.05 Å². The van der Waals surface area contributed by atoms with Crippen molar-refractivity contribution in [2.45, 2.75) is 6.92 Å². The fourth-order valence-electron chi connectivity index (χ4n) is 4.39. The van der Waals surface area contributed by atoms with E-state index in [-0.39, 0.29) is 17.8 Å². The number of benzene rings is 2. The molecular weight excluding hydrogens is 447 g/mol. The second-order valence-electron chi connectivity index (χ2n) is 8.55. The Morgan fingerprint density at radius 1 is 0.943 bits per heavy atom. The summed E-state index contributed by atoms with van der Waals surface area (Å²) in [5, 5.41) is 8.01. The molecule has 178 valence electrons. The SMILES string of the molecule is Cc1nn(C)c2nc(-c3ccccc3)cc(C(=O)N3CCN(C(=O)Nc4ccc(F)cc4)CC3)c12. The average Bonchev–Trinajstić information content (AvgIpc) is 3.18. The fraction of sp³-hybridized carbons (Fsp3) is 0.231. The molecule has 8 nitrogen and oxygen atoms in total. The van der Waals surface area contributed by atoms with E-state index < -0.39 is 0 Å². The molecule has 0 atom stereocenters. The van der Waals surface area contributed by atoms with Crippen molar-refractivity contribution < 1.29 is 14.0 Å². The van der Waals surface area contributed by atoms with Crippen molar-refractivity contribution in [3.8, 4) is 11.3 Å². The van der Waals surface area contributed by atoms with Crippen LogP contribution in [0.1, 0.15) is 16.1 Å². The number of rotatable bonds is 3. The van der Waals surface area contributed by atoms with Gasteiger partial charge in [0, 0.05) is 44.5 Å². The molecule has 3 amide bonds. The first-order chi connectivity index (χ1) is 16.9. The van der Waals surface area contributed by atoms with Gasteiger partial charge in [-0.1, -0.05) is 30.3 Å². The van der Waals surface area contributed by atoms with E-state index in [9.17, 15) is 14.0 Å². The zero-order valence-electron chi connectivity index (χ0n) is 19.5. The number of aromatic nitrogens is 3. The highest BCUT2D eigenvalue weighted by atomic mass is 19.1. The van der Waals surface area contributed by atoms with Gasteiger partial charge in [-0.3, -0.25) is 9.48 Å². The third-order valence-corrected chi connectivity index (χ3v) is 6.22. The summed E-state index contributed by atoms with van der Waals surface area (Å²) in [4.78, 5) is 34.5. The minimum atomic E-state index is -0.361. The number of nitrogens with zero attached hydrogens (tertiary/aromatic N) is 5. The summed E-state index contributed by atoms with van der Waals surface area (Å²) in [6, 6.07) is 16.9. The molecule has 2 aromatic heterocycles. The lowest BCUT2D eigenvalue weighted by atomic mass is 10.0. The van der Waals surface area contributed by atoms with Crippen LogP contribution in [-0.4, -0.2) is 62.7 Å². The van der Waals surface area contributed by atoms with Crippen LogP contribution in [0.3, 0.4) is 0 Å². The summed E-state index contributed by atoms with van der Waals surface area (Å²) >= 11 is 0. The number of anilines is 1. The summed E-state index contributed by atoms with van der Waals surface area (Å²) in [5.41, 5.74) is 4.12. The molecule has 0 unspecified atom stereocenters. The number of hydrogen-bond donors (Lipinski definition) is 1. The van der Waals surface area contributed by atoms with Gasteiger partial charge >= 0.3 is 6.03 Å². The second kappa shape index (κ2) is 9.17. The average molecular weight is 473 g/mol. The van der Waals surface area contributed by atoms with Gasteiger partial charge in [-0.25, -0.2) is 14.2 Å². The number of nitrogens with one attached hydrogen (secondary N) is 1. The number of amides is 3. The second-order valence-corrected chi connectivity index (χ2v) is 8.55. The molecule has 1 N–H and O–H groups in total. The van der Waals surface area contributed by atoms with Crippen LogP contribution in [0.4, 0.5) is 14.9 Å². The first kappa shape index (κ1) is 22.5. The topological polar surface area (TPSA) is 83.4 Å².